The monoisotopic (exact) mass is 301 g/mol. The molecule has 1 aliphatic rings. The van der Waals surface area contributed by atoms with Crippen LogP contribution in [0.25, 0.3) is 0 Å². The summed E-state index contributed by atoms with van der Waals surface area (Å²) in [5, 5.41) is 3.96. The standard InChI is InChI=1S/C16H16FN3O2/c1-10-5-6-11-4-3-9-20(15(11)14(10)17)16(22)12-7-8-13(21)19(2)18-12/h5-8H,3-4,9H2,1-2H3. The third-order valence-corrected chi connectivity index (χ3v) is 3.92. The topological polar surface area (TPSA) is 55.2 Å². The molecule has 0 aliphatic carbocycles. The Bertz CT molecular complexity index is 814. The lowest BCUT2D eigenvalue weighted by Gasteiger charge is -2.30. The second kappa shape index (κ2) is 5.36. The van der Waals surface area contributed by atoms with Crippen molar-refractivity contribution in [1.82, 2.24) is 9.78 Å². The highest BCUT2D eigenvalue weighted by atomic mass is 19.1. The Morgan fingerprint density at radius 3 is 2.77 bits per heavy atom. The molecule has 0 saturated carbocycles. The first-order chi connectivity index (χ1) is 10.5. The van der Waals surface area contributed by atoms with Gasteiger partial charge in [0.2, 0.25) is 0 Å². The quantitative estimate of drug-likeness (QED) is 0.807. The summed E-state index contributed by atoms with van der Waals surface area (Å²) in [5.74, 6) is -0.753. The summed E-state index contributed by atoms with van der Waals surface area (Å²) in [6.45, 7) is 2.12. The van der Waals surface area contributed by atoms with Gasteiger partial charge in [0.05, 0.1) is 5.69 Å². The van der Waals surface area contributed by atoms with E-state index in [1.807, 2.05) is 6.07 Å². The Kier molecular flexibility index (Phi) is 3.52. The summed E-state index contributed by atoms with van der Waals surface area (Å²) >= 11 is 0. The van der Waals surface area contributed by atoms with Crippen LogP contribution in [0.4, 0.5) is 10.1 Å². The normalized spacial score (nSPS) is 13.9. The molecular formula is C16H16FN3O2. The summed E-state index contributed by atoms with van der Waals surface area (Å²) < 4.78 is 15.6. The maximum atomic E-state index is 14.5. The van der Waals surface area contributed by atoms with Crippen molar-refractivity contribution in [1.29, 1.82) is 0 Å². The van der Waals surface area contributed by atoms with Crippen LogP contribution < -0.4 is 10.5 Å². The summed E-state index contributed by atoms with van der Waals surface area (Å²) in [4.78, 5) is 25.5. The van der Waals surface area contributed by atoms with E-state index in [9.17, 15) is 14.0 Å². The van der Waals surface area contributed by atoms with Gasteiger partial charge < -0.3 is 4.90 Å². The molecule has 1 aromatic carbocycles. The molecule has 0 bridgehead atoms. The molecule has 1 aliphatic heterocycles. The van der Waals surface area contributed by atoms with Crippen molar-refractivity contribution < 1.29 is 9.18 Å². The van der Waals surface area contributed by atoms with Crippen molar-refractivity contribution in [2.45, 2.75) is 19.8 Å². The second-order valence-electron chi connectivity index (χ2n) is 5.44. The van der Waals surface area contributed by atoms with Crippen molar-refractivity contribution in [3.05, 3.63) is 57.3 Å². The van der Waals surface area contributed by atoms with Crippen LogP contribution in [-0.2, 0) is 13.5 Å². The van der Waals surface area contributed by atoms with Crippen LogP contribution in [0.15, 0.2) is 29.1 Å². The minimum absolute atomic E-state index is 0.135. The third-order valence-electron chi connectivity index (χ3n) is 3.92. The Balaban J connectivity index is 2.07. The summed E-state index contributed by atoms with van der Waals surface area (Å²) in [6, 6.07) is 6.26. The second-order valence-corrected chi connectivity index (χ2v) is 5.44. The van der Waals surface area contributed by atoms with Gasteiger partial charge in [-0.1, -0.05) is 12.1 Å². The van der Waals surface area contributed by atoms with E-state index in [0.29, 0.717) is 17.8 Å². The van der Waals surface area contributed by atoms with Gasteiger partial charge >= 0.3 is 0 Å². The first-order valence-corrected chi connectivity index (χ1v) is 7.13. The van der Waals surface area contributed by atoms with Gasteiger partial charge in [-0.15, -0.1) is 0 Å². The zero-order valence-corrected chi connectivity index (χ0v) is 12.5. The van der Waals surface area contributed by atoms with E-state index >= 15 is 0 Å². The minimum Gasteiger partial charge on any atom is -0.304 e. The van der Waals surface area contributed by atoms with E-state index in [2.05, 4.69) is 5.10 Å². The largest absolute Gasteiger partial charge is 0.304 e. The van der Waals surface area contributed by atoms with Gasteiger partial charge in [-0.05, 0) is 37.0 Å². The average molecular weight is 301 g/mol. The first-order valence-electron chi connectivity index (χ1n) is 7.13. The molecule has 1 amide bonds. The van der Waals surface area contributed by atoms with Crippen molar-refractivity contribution in [3.8, 4) is 0 Å². The third kappa shape index (κ3) is 2.30. The molecule has 0 saturated heterocycles. The lowest BCUT2D eigenvalue weighted by atomic mass is 9.99. The van der Waals surface area contributed by atoms with E-state index in [1.54, 1.807) is 13.0 Å². The van der Waals surface area contributed by atoms with Gasteiger partial charge in [0.15, 0.2) is 0 Å². The van der Waals surface area contributed by atoms with Crippen LogP contribution in [0.5, 0.6) is 0 Å². The first kappa shape index (κ1) is 14.4. The molecule has 2 aromatic rings. The fraction of sp³-hybridized carbons (Fsp3) is 0.312. The fourth-order valence-electron chi connectivity index (χ4n) is 2.70. The zero-order valence-electron chi connectivity index (χ0n) is 12.5. The molecule has 0 fully saturated rings. The van der Waals surface area contributed by atoms with Crippen molar-refractivity contribution >= 4 is 11.6 Å². The molecule has 0 N–H and O–H groups in total. The van der Waals surface area contributed by atoms with Gasteiger partial charge in [-0.3, -0.25) is 9.59 Å². The number of amides is 1. The van der Waals surface area contributed by atoms with Crippen molar-refractivity contribution in [2.24, 2.45) is 7.05 Å². The number of benzene rings is 1. The zero-order chi connectivity index (χ0) is 15.9. The van der Waals surface area contributed by atoms with Crippen LogP contribution in [-0.4, -0.2) is 22.2 Å². The molecule has 2 heterocycles. The summed E-state index contributed by atoms with van der Waals surface area (Å²) in [6.07, 6.45) is 1.52. The molecular weight excluding hydrogens is 285 g/mol. The Morgan fingerprint density at radius 2 is 2.05 bits per heavy atom. The van der Waals surface area contributed by atoms with Crippen molar-refractivity contribution in [3.63, 3.8) is 0 Å². The Hall–Kier alpha value is -2.50. The number of aromatic nitrogens is 2. The number of fused-ring (bicyclic) bond motifs is 1. The lowest BCUT2D eigenvalue weighted by Crippen LogP contribution is -2.38. The number of halogens is 1. The number of anilines is 1. The van der Waals surface area contributed by atoms with Gasteiger partial charge in [-0.25, -0.2) is 9.07 Å². The predicted molar refractivity (Wildman–Crippen MR) is 80.6 cm³/mol. The SMILES string of the molecule is Cc1ccc2c(c1F)N(C(=O)c1ccc(=O)n(C)n1)CCC2. The highest BCUT2D eigenvalue weighted by Crippen LogP contribution is 2.32. The minimum atomic E-state index is -0.388. The molecule has 5 nitrogen and oxygen atoms in total. The summed E-state index contributed by atoms with van der Waals surface area (Å²) in [7, 11) is 1.48. The van der Waals surface area contributed by atoms with Crippen LogP contribution in [0.2, 0.25) is 0 Å². The number of hydrogen-bond acceptors (Lipinski definition) is 3. The predicted octanol–water partition coefficient (Wildman–Crippen LogP) is 1.82. The molecule has 0 radical (unpaired) electrons. The van der Waals surface area contributed by atoms with Gasteiger partial charge in [0.25, 0.3) is 11.5 Å². The highest BCUT2D eigenvalue weighted by Gasteiger charge is 2.28. The fourth-order valence-corrected chi connectivity index (χ4v) is 2.70. The van der Waals surface area contributed by atoms with Crippen LogP contribution in [0.1, 0.15) is 28.0 Å². The molecule has 114 valence electrons. The van der Waals surface area contributed by atoms with Crippen LogP contribution >= 0.6 is 0 Å². The smallest absolute Gasteiger partial charge is 0.278 e. The Morgan fingerprint density at radius 1 is 1.27 bits per heavy atom. The van der Waals surface area contributed by atoms with Crippen molar-refractivity contribution in [2.75, 3.05) is 11.4 Å². The number of rotatable bonds is 1. The number of carbonyl (C=O) groups is 1. The molecule has 0 spiro atoms. The number of hydrogen-bond donors (Lipinski definition) is 0. The molecule has 22 heavy (non-hydrogen) atoms. The molecule has 3 rings (SSSR count). The molecule has 6 heteroatoms. The van der Waals surface area contributed by atoms with E-state index in [1.165, 1.54) is 24.1 Å². The van der Waals surface area contributed by atoms with E-state index in [4.69, 9.17) is 0 Å². The maximum Gasteiger partial charge on any atom is 0.278 e. The van der Waals surface area contributed by atoms with E-state index in [0.717, 1.165) is 23.1 Å². The lowest BCUT2D eigenvalue weighted by molar-refractivity contribution is 0.0977. The Labute approximate surface area is 127 Å². The van der Waals surface area contributed by atoms with Crippen LogP contribution in [0.3, 0.4) is 0 Å². The van der Waals surface area contributed by atoms with Gasteiger partial charge in [0, 0.05) is 19.7 Å². The maximum absolute atomic E-state index is 14.5. The number of nitrogens with zero attached hydrogens (tertiary/aromatic N) is 3. The van der Waals surface area contributed by atoms with Gasteiger partial charge in [-0.2, -0.15) is 5.10 Å². The molecule has 0 unspecified atom stereocenters. The molecule has 0 atom stereocenters. The van der Waals surface area contributed by atoms with Crippen LogP contribution in [0, 0.1) is 12.7 Å². The number of aryl methyl sites for hydroxylation is 3. The van der Waals surface area contributed by atoms with E-state index < -0.39 is 0 Å². The van der Waals surface area contributed by atoms with E-state index in [-0.39, 0.29) is 23.0 Å². The summed E-state index contributed by atoms with van der Waals surface area (Å²) in [5.41, 5.74) is 1.51. The number of carbonyl (C=O) groups excluding carboxylic acids is 1. The highest BCUT2D eigenvalue weighted by molar-refractivity contribution is 6.05. The average Bonchev–Trinajstić information content (AvgIpc) is 2.52. The van der Waals surface area contributed by atoms with Gasteiger partial charge in [0.1, 0.15) is 11.5 Å². The molecule has 1 aromatic heterocycles.